The van der Waals surface area contributed by atoms with Gasteiger partial charge >= 0.3 is 5.97 Å². The minimum Gasteiger partial charge on any atom is -0.477 e. The summed E-state index contributed by atoms with van der Waals surface area (Å²) in [6.45, 7) is 4.49. The van der Waals surface area contributed by atoms with Gasteiger partial charge in [0.15, 0.2) is 0 Å². The summed E-state index contributed by atoms with van der Waals surface area (Å²) in [5.41, 5.74) is 6.16. The molecular formula is C13H15N3O2. The SMILES string of the molecule is Cc1ccc(C)n1NCc1cccc(C(=O)O)n1. The van der Waals surface area contributed by atoms with Crippen LogP contribution in [0.1, 0.15) is 27.6 Å². The topological polar surface area (TPSA) is 67.2 Å². The molecule has 0 unspecified atom stereocenters. The van der Waals surface area contributed by atoms with Crippen molar-refractivity contribution in [3.8, 4) is 0 Å². The first-order valence-corrected chi connectivity index (χ1v) is 5.66. The molecule has 0 fully saturated rings. The zero-order chi connectivity index (χ0) is 13.1. The quantitative estimate of drug-likeness (QED) is 0.863. The number of aromatic carboxylic acids is 1. The van der Waals surface area contributed by atoms with E-state index in [2.05, 4.69) is 10.4 Å². The van der Waals surface area contributed by atoms with Crippen molar-refractivity contribution in [2.75, 3.05) is 5.43 Å². The number of aromatic nitrogens is 2. The largest absolute Gasteiger partial charge is 0.477 e. The molecule has 0 aliphatic heterocycles. The molecule has 2 aromatic rings. The highest BCUT2D eigenvalue weighted by atomic mass is 16.4. The van der Waals surface area contributed by atoms with Gasteiger partial charge in [-0.05, 0) is 38.1 Å². The van der Waals surface area contributed by atoms with Crippen molar-refractivity contribution in [2.45, 2.75) is 20.4 Å². The predicted octanol–water partition coefficient (Wildman–Crippen LogP) is 1.94. The van der Waals surface area contributed by atoms with Gasteiger partial charge in [-0.15, -0.1) is 0 Å². The molecule has 0 atom stereocenters. The number of carboxylic acid groups (broad SMARTS) is 1. The summed E-state index contributed by atoms with van der Waals surface area (Å²) in [6.07, 6.45) is 0. The summed E-state index contributed by atoms with van der Waals surface area (Å²) in [4.78, 5) is 14.9. The van der Waals surface area contributed by atoms with Crippen molar-refractivity contribution in [2.24, 2.45) is 0 Å². The average molecular weight is 245 g/mol. The van der Waals surface area contributed by atoms with Gasteiger partial charge in [0, 0.05) is 11.4 Å². The molecule has 0 aromatic carbocycles. The van der Waals surface area contributed by atoms with Crippen LogP contribution in [0, 0.1) is 13.8 Å². The molecule has 5 nitrogen and oxygen atoms in total. The fourth-order valence-corrected chi connectivity index (χ4v) is 1.78. The van der Waals surface area contributed by atoms with Crippen molar-refractivity contribution < 1.29 is 9.90 Å². The summed E-state index contributed by atoms with van der Waals surface area (Å²) in [5.74, 6) is -1.01. The molecule has 18 heavy (non-hydrogen) atoms. The Morgan fingerprint density at radius 3 is 2.56 bits per heavy atom. The molecule has 0 aliphatic rings. The number of nitrogens with zero attached hydrogens (tertiary/aromatic N) is 2. The maximum Gasteiger partial charge on any atom is 0.354 e. The molecule has 0 saturated carbocycles. The Bertz CT molecular complexity index is 556. The van der Waals surface area contributed by atoms with E-state index in [0.717, 1.165) is 11.4 Å². The summed E-state index contributed by atoms with van der Waals surface area (Å²) in [6, 6.07) is 9.02. The van der Waals surface area contributed by atoms with E-state index in [9.17, 15) is 4.79 Å². The van der Waals surface area contributed by atoms with Crippen molar-refractivity contribution in [1.29, 1.82) is 0 Å². The predicted molar refractivity (Wildman–Crippen MR) is 68.2 cm³/mol. The standard InChI is InChI=1S/C13H15N3O2/c1-9-6-7-10(2)16(9)14-8-11-4-3-5-12(15-11)13(17)18/h3-7,14H,8H2,1-2H3,(H,17,18). The molecule has 0 bridgehead atoms. The number of hydrogen-bond acceptors (Lipinski definition) is 3. The average Bonchev–Trinajstić information content (AvgIpc) is 2.67. The molecule has 0 amide bonds. The van der Waals surface area contributed by atoms with Crippen LogP contribution in [0.5, 0.6) is 0 Å². The number of hydrogen-bond donors (Lipinski definition) is 2. The third-order valence-corrected chi connectivity index (χ3v) is 2.72. The molecule has 2 rings (SSSR count). The van der Waals surface area contributed by atoms with Crippen LogP contribution < -0.4 is 5.43 Å². The first-order chi connectivity index (χ1) is 8.58. The van der Waals surface area contributed by atoms with Crippen LogP contribution >= 0.6 is 0 Å². The van der Waals surface area contributed by atoms with Crippen LogP contribution in [0.4, 0.5) is 0 Å². The molecule has 0 aliphatic carbocycles. The summed E-state index contributed by atoms with van der Waals surface area (Å²) >= 11 is 0. The van der Waals surface area contributed by atoms with Gasteiger partial charge in [0.05, 0.1) is 12.2 Å². The number of carboxylic acids is 1. The van der Waals surface area contributed by atoms with Gasteiger partial charge in [0.1, 0.15) is 5.69 Å². The highest BCUT2D eigenvalue weighted by Crippen LogP contribution is 2.06. The van der Waals surface area contributed by atoms with Gasteiger partial charge < -0.3 is 10.5 Å². The zero-order valence-corrected chi connectivity index (χ0v) is 10.3. The van der Waals surface area contributed by atoms with E-state index in [1.165, 1.54) is 6.07 Å². The second-order valence-electron chi connectivity index (χ2n) is 4.11. The van der Waals surface area contributed by atoms with Crippen LogP contribution in [-0.2, 0) is 6.54 Å². The maximum absolute atomic E-state index is 10.8. The normalized spacial score (nSPS) is 10.3. The Morgan fingerprint density at radius 2 is 1.94 bits per heavy atom. The van der Waals surface area contributed by atoms with Crippen molar-refractivity contribution in [3.63, 3.8) is 0 Å². The van der Waals surface area contributed by atoms with E-state index in [-0.39, 0.29) is 5.69 Å². The Labute approximate surface area is 105 Å². The maximum atomic E-state index is 10.8. The van der Waals surface area contributed by atoms with E-state index >= 15 is 0 Å². The lowest BCUT2D eigenvalue weighted by molar-refractivity contribution is 0.0690. The Kier molecular flexibility index (Phi) is 3.32. The van der Waals surface area contributed by atoms with Gasteiger partial charge in [0.2, 0.25) is 0 Å². The smallest absolute Gasteiger partial charge is 0.354 e. The lowest BCUT2D eigenvalue weighted by Gasteiger charge is -2.12. The first-order valence-electron chi connectivity index (χ1n) is 5.66. The lowest BCUT2D eigenvalue weighted by atomic mass is 10.3. The van der Waals surface area contributed by atoms with Crippen LogP contribution in [0.2, 0.25) is 0 Å². The van der Waals surface area contributed by atoms with Gasteiger partial charge in [-0.3, -0.25) is 4.68 Å². The van der Waals surface area contributed by atoms with Gasteiger partial charge in [0.25, 0.3) is 0 Å². The molecule has 2 N–H and O–H groups in total. The van der Waals surface area contributed by atoms with E-state index in [1.54, 1.807) is 12.1 Å². The molecule has 2 heterocycles. The number of rotatable bonds is 4. The number of pyridine rings is 1. The summed E-state index contributed by atoms with van der Waals surface area (Å²) < 4.78 is 1.95. The van der Waals surface area contributed by atoms with E-state index in [1.807, 2.05) is 30.7 Å². The van der Waals surface area contributed by atoms with Crippen LogP contribution in [0.25, 0.3) is 0 Å². The molecule has 0 radical (unpaired) electrons. The third-order valence-electron chi connectivity index (χ3n) is 2.72. The van der Waals surface area contributed by atoms with Gasteiger partial charge in [-0.1, -0.05) is 6.07 Å². The highest BCUT2D eigenvalue weighted by Gasteiger charge is 2.05. The lowest BCUT2D eigenvalue weighted by Crippen LogP contribution is -2.18. The number of nitrogens with one attached hydrogen (secondary N) is 1. The minimum atomic E-state index is -1.01. The fourth-order valence-electron chi connectivity index (χ4n) is 1.78. The Morgan fingerprint density at radius 1 is 1.28 bits per heavy atom. The molecule has 0 spiro atoms. The van der Waals surface area contributed by atoms with E-state index in [4.69, 9.17) is 5.11 Å². The molecule has 0 saturated heterocycles. The Balaban J connectivity index is 2.11. The van der Waals surface area contributed by atoms with E-state index < -0.39 is 5.97 Å². The molecule has 2 aromatic heterocycles. The number of carbonyl (C=O) groups is 1. The second-order valence-corrected chi connectivity index (χ2v) is 4.11. The fraction of sp³-hybridized carbons (Fsp3) is 0.231. The van der Waals surface area contributed by atoms with Crippen LogP contribution in [-0.4, -0.2) is 20.7 Å². The third kappa shape index (κ3) is 2.51. The number of aryl methyl sites for hydroxylation is 2. The van der Waals surface area contributed by atoms with Crippen molar-refractivity contribution in [1.82, 2.24) is 9.66 Å². The monoisotopic (exact) mass is 245 g/mol. The van der Waals surface area contributed by atoms with Crippen molar-refractivity contribution >= 4 is 5.97 Å². The zero-order valence-electron chi connectivity index (χ0n) is 10.3. The summed E-state index contributed by atoms with van der Waals surface area (Å²) in [7, 11) is 0. The Hall–Kier alpha value is -2.30. The van der Waals surface area contributed by atoms with Crippen molar-refractivity contribution in [3.05, 3.63) is 53.1 Å². The first kappa shape index (κ1) is 12.2. The molecular weight excluding hydrogens is 230 g/mol. The minimum absolute atomic E-state index is 0.0650. The van der Waals surface area contributed by atoms with Gasteiger partial charge in [-0.2, -0.15) is 0 Å². The highest BCUT2D eigenvalue weighted by molar-refractivity contribution is 5.85. The molecule has 5 heteroatoms. The molecule has 94 valence electrons. The van der Waals surface area contributed by atoms with Crippen LogP contribution in [0.3, 0.4) is 0 Å². The summed E-state index contributed by atoms with van der Waals surface area (Å²) in [5, 5.41) is 8.86. The second kappa shape index (κ2) is 4.91. The van der Waals surface area contributed by atoms with E-state index in [0.29, 0.717) is 12.2 Å². The van der Waals surface area contributed by atoms with Crippen LogP contribution in [0.15, 0.2) is 30.3 Å². The van der Waals surface area contributed by atoms with Gasteiger partial charge in [-0.25, -0.2) is 9.78 Å².